The molecule has 4 aliphatic rings. The number of amides is 2. The van der Waals surface area contributed by atoms with Gasteiger partial charge in [-0.1, -0.05) is 80.9 Å². The number of hydrogen-bond donors (Lipinski definition) is 2. The van der Waals surface area contributed by atoms with Crippen LogP contribution in [0.1, 0.15) is 82.3 Å². The van der Waals surface area contributed by atoms with Crippen LogP contribution in [-0.4, -0.2) is 24.4 Å². The van der Waals surface area contributed by atoms with Crippen LogP contribution in [0.2, 0.25) is 0 Å². The minimum absolute atomic E-state index is 0.00101. The van der Waals surface area contributed by atoms with Crippen molar-refractivity contribution in [3.8, 4) is 0 Å². The van der Waals surface area contributed by atoms with Crippen molar-refractivity contribution in [1.29, 1.82) is 0 Å². The molecule has 4 heteroatoms. The maximum Gasteiger partial charge on any atom is 0.232 e. The van der Waals surface area contributed by atoms with Crippen LogP contribution in [0.25, 0.3) is 0 Å². The number of fused-ring (bicyclic) bond motifs is 5. The van der Waals surface area contributed by atoms with Gasteiger partial charge in [-0.2, -0.15) is 0 Å². The maximum absolute atomic E-state index is 13.6. The van der Waals surface area contributed by atoms with Gasteiger partial charge in [-0.25, -0.2) is 0 Å². The molecule has 2 aromatic rings. The highest BCUT2D eigenvalue weighted by atomic mass is 16.2. The summed E-state index contributed by atoms with van der Waals surface area (Å²) in [4.78, 5) is 26.9. The number of piperidine rings is 1. The monoisotopic (exact) mass is 498 g/mol. The summed E-state index contributed by atoms with van der Waals surface area (Å²) in [6.07, 6.45) is 9.66. The summed E-state index contributed by atoms with van der Waals surface area (Å²) < 4.78 is 0. The fraction of sp³-hybridized carbons (Fsp3) is 0.576. The molecule has 37 heavy (non-hydrogen) atoms. The van der Waals surface area contributed by atoms with E-state index < -0.39 is 5.92 Å². The number of carbonyl (C=O) groups excluding carboxylic acids is 2. The summed E-state index contributed by atoms with van der Waals surface area (Å²) in [7, 11) is 0. The third-order valence-electron chi connectivity index (χ3n) is 11.1. The average molecular weight is 499 g/mol. The first-order valence-corrected chi connectivity index (χ1v) is 14.6. The van der Waals surface area contributed by atoms with E-state index in [0.717, 1.165) is 18.3 Å². The third kappa shape index (κ3) is 4.30. The van der Waals surface area contributed by atoms with Gasteiger partial charge in [0.15, 0.2) is 0 Å². The third-order valence-corrected chi connectivity index (χ3v) is 11.1. The Morgan fingerprint density at radius 3 is 2.27 bits per heavy atom. The quantitative estimate of drug-likeness (QED) is 0.492. The summed E-state index contributed by atoms with van der Waals surface area (Å²) in [5.41, 5.74) is 2.86. The molecule has 2 aromatic carbocycles. The van der Waals surface area contributed by atoms with Gasteiger partial charge in [0, 0.05) is 18.5 Å². The number of rotatable bonds is 5. The fourth-order valence-corrected chi connectivity index (χ4v) is 9.12. The van der Waals surface area contributed by atoms with Gasteiger partial charge in [0.25, 0.3) is 0 Å². The SMILES string of the molecule is C[C@@]12CCC[C@H]1[C@@H]1CCC3NC(=O)C(C(=O)NCC(c4ccccc4)c4ccccc4)C[C@]3(C)[C@@H]1CC2. The first-order valence-electron chi connectivity index (χ1n) is 14.6. The molecular formula is C33H42N2O2. The van der Waals surface area contributed by atoms with Crippen LogP contribution in [0.3, 0.4) is 0 Å². The van der Waals surface area contributed by atoms with Crippen molar-refractivity contribution < 1.29 is 9.59 Å². The van der Waals surface area contributed by atoms with Gasteiger partial charge in [0.2, 0.25) is 11.8 Å². The van der Waals surface area contributed by atoms with E-state index in [1.807, 2.05) is 36.4 Å². The zero-order valence-corrected chi connectivity index (χ0v) is 22.4. The molecule has 3 aliphatic carbocycles. The molecule has 4 fully saturated rings. The Hall–Kier alpha value is -2.62. The highest BCUT2D eigenvalue weighted by Gasteiger charge is 2.60. The molecule has 1 aliphatic heterocycles. The van der Waals surface area contributed by atoms with Crippen LogP contribution in [0, 0.1) is 34.5 Å². The second kappa shape index (κ2) is 9.60. The molecule has 2 unspecified atom stereocenters. The van der Waals surface area contributed by atoms with Crippen LogP contribution < -0.4 is 10.6 Å². The molecule has 4 nitrogen and oxygen atoms in total. The van der Waals surface area contributed by atoms with Crippen molar-refractivity contribution in [2.45, 2.75) is 77.2 Å². The van der Waals surface area contributed by atoms with E-state index >= 15 is 0 Å². The van der Waals surface area contributed by atoms with E-state index in [1.165, 1.54) is 49.7 Å². The Balaban J connectivity index is 1.19. The average Bonchev–Trinajstić information content (AvgIpc) is 3.32. The van der Waals surface area contributed by atoms with E-state index in [1.54, 1.807) is 0 Å². The van der Waals surface area contributed by atoms with Gasteiger partial charge in [0.1, 0.15) is 5.92 Å². The van der Waals surface area contributed by atoms with Crippen molar-refractivity contribution in [3.63, 3.8) is 0 Å². The van der Waals surface area contributed by atoms with Crippen molar-refractivity contribution in [1.82, 2.24) is 10.6 Å². The molecule has 2 amide bonds. The molecule has 3 saturated carbocycles. The first kappa shape index (κ1) is 24.7. The molecule has 0 spiro atoms. The molecular weight excluding hydrogens is 456 g/mol. The Bertz CT molecular complexity index is 1090. The predicted molar refractivity (Wildman–Crippen MR) is 147 cm³/mol. The number of carbonyl (C=O) groups is 2. The van der Waals surface area contributed by atoms with Crippen molar-refractivity contribution >= 4 is 11.8 Å². The zero-order valence-electron chi connectivity index (χ0n) is 22.4. The Morgan fingerprint density at radius 1 is 0.919 bits per heavy atom. The lowest BCUT2D eigenvalue weighted by molar-refractivity contribution is -0.150. The summed E-state index contributed by atoms with van der Waals surface area (Å²) >= 11 is 0. The first-order chi connectivity index (χ1) is 17.9. The minimum Gasteiger partial charge on any atom is -0.354 e. The molecule has 0 radical (unpaired) electrons. The smallest absolute Gasteiger partial charge is 0.232 e. The van der Waals surface area contributed by atoms with Crippen LogP contribution >= 0.6 is 0 Å². The van der Waals surface area contributed by atoms with Crippen molar-refractivity contribution in [3.05, 3.63) is 71.8 Å². The van der Waals surface area contributed by atoms with Crippen LogP contribution in [-0.2, 0) is 9.59 Å². The molecule has 2 N–H and O–H groups in total. The van der Waals surface area contributed by atoms with Gasteiger partial charge in [0.05, 0.1) is 0 Å². The van der Waals surface area contributed by atoms with Gasteiger partial charge in [-0.15, -0.1) is 0 Å². The summed E-state index contributed by atoms with van der Waals surface area (Å²) in [6, 6.07) is 20.9. The second-order valence-corrected chi connectivity index (χ2v) is 13.0. The van der Waals surface area contributed by atoms with Gasteiger partial charge >= 0.3 is 0 Å². The normalized spacial score (nSPS) is 36.7. The van der Waals surface area contributed by atoms with E-state index in [2.05, 4.69) is 48.7 Å². The molecule has 0 aromatic heterocycles. The number of hydrogen-bond acceptors (Lipinski definition) is 2. The van der Waals surface area contributed by atoms with E-state index in [9.17, 15) is 9.59 Å². The Labute approximate surface area is 222 Å². The molecule has 6 rings (SSSR count). The standard InChI is InChI=1S/C33H42N2O2/c1-32-18-9-14-27(32)24-15-16-29-33(2,28(24)17-19-32)20-25(31(37)35-29)30(36)34-21-26(22-10-5-3-6-11-22)23-12-7-4-8-13-23/h3-8,10-13,24-29H,9,14-21H2,1-2H3,(H,34,36)(H,35,37)/t24-,25?,27-,28+,29?,32-,33+/m0/s1. The lowest BCUT2D eigenvalue weighted by atomic mass is 9.47. The highest BCUT2D eigenvalue weighted by Crippen LogP contribution is 2.64. The van der Waals surface area contributed by atoms with Gasteiger partial charge in [-0.05, 0) is 84.7 Å². The van der Waals surface area contributed by atoms with Crippen LogP contribution in [0.5, 0.6) is 0 Å². The fourth-order valence-electron chi connectivity index (χ4n) is 9.12. The Morgan fingerprint density at radius 2 is 1.59 bits per heavy atom. The van der Waals surface area contributed by atoms with Crippen molar-refractivity contribution in [2.24, 2.45) is 34.5 Å². The number of nitrogens with one attached hydrogen (secondary N) is 2. The number of benzene rings is 2. The van der Waals surface area contributed by atoms with Crippen molar-refractivity contribution in [2.75, 3.05) is 6.54 Å². The molecule has 0 bridgehead atoms. The molecule has 1 heterocycles. The topological polar surface area (TPSA) is 58.2 Å². The maximum atomic E-state index is 13.6. The summed E-state index contributed by atoms with van der Waals surface area (Å²) in [6.45, 7) is 5.41. The van der Waals surface area contributed by atoms with E-state index in [0.29, 0.717) is 24.3 Å². The molecule has 1 saturated heterocycles. The highest BCUT2D eigenvalue weighted by molar-refractivity contribution is 6.01. The van der Waals surface area contributed by atoms with Gasteiger partial charge in [-0.3, -0.25) is 9.59 Å². The van der Waals surface area contributed by atoms with Gasteiger partial charge < -0.3 is 10.6 Å². The summed E-state index contributed by atoms with van der Waals surface area (Å²) in [5.74, 6) is 1.45. The molecule has 196 valence electrons. The molecule has 7 atom stereocenters. The largest absolute Gasteiger partial charge is 0.354 e. The predicted octanol–water partition coefficient (Wildman–Crippen LogP) is 6.07. The van der Waals surface area contributed by atoms with E-state index in [4.69, 9.17) is 0 Å². The summed E-state index contributed by atoms with van der Waals surface area (Å²) in [5, 5.41) is 6.55. The van der Waals surface area contributed by atoms with Crippen LogP contribution in [0.15, 0.2) is 60.7 Å². The second-order valence-electron chi connectivity index (χ2n) is 13.0. The zero-order chi connectivity index (χ0) is 25.6. The lowest BCUT2D eigenvalue weighted by Gasteiger charge is -2.60. The van der Waals surface area contributed by atoms with Crippen LogP contribution in [0.4, 0.5) is 0 Å². The lowest BCUT2D eigenvalue weighted by Crippen LogP contribution is -2.64. The Kier molecular flexibility index (Phi) is 6.41. The minimum atomic E-state index is -0.607. The van der Waals surface area contributed by atoms with E-state index in [-0.39, 0.29) is 29.2 Å².